The Labute approximate surface area is 951 Å². The molecule has 13 atom stereocenters. The number of hydrogen-bond donors (Lipinski definition) is 0. The Morgan fingerprint density at radius 2 is 0.689 bits per heavy atom. The van der Waals surface area contributed by atoms with Gasteiger partial charge in [0.15, 0.2) is 0 Å². The van der Waals surface area contributed by atoms with Crippen molar-refractivity contribution in [1.82, 2.24) is 0 Å². The van der Waals surface area contributed by atoms with E-state index in [1.54, 1.807) is 122 Å². The second-order valence-corrected chi connectivity index (χ2v) is 92.8. The average molecular weight is 2130 g/mol. The van der Waals surface area contributed by atoms with Gasteiger partial charge in [0, 0.05) is 23.9 Å². The first kappa shape index (κ1) is 110. The van der Waals surface area contributed by atoms with Gasteiger partial charge in [-0.3, -0.25) is 0 Å². The lowest BCUT2D eigenvalue weighted by molar-refractivity contribution is -0.0617. The van der Waals surface area contributed by atoms with Crippen LogP contribution in [0.4, 0.5) is 0 Å². The fourth-order valence-corrected chi connectivity index (χ4v) is 52.0. The van der Waals surface area contributed by atoms with Crippen LogP contribution < -0.4 is 0 Å². The van der Waals surface area contributed by atoms with Crippen LogP contribution in [0.3, 0.4) is 0 Å². The standard InChI is InChI=1S/2C16H28.C16H30.2C14H28Si.C14H26.C13H26Si.C13H24.C12H22Si.C12H22.C4H10/c1-15(2,3)4-5-16-9-12-6-13(10-16)8-14(7-12)11-16;1-16(2,3)5-4-15-13-7-11-6-12(9-13)10-14(15)8-11;1-14(2,3)9-7-13-11-12-8-10-16(13,6)15(12,4)5;1-14(2,3)15(4,5)13-10-11-6-8-12(13)9-7-11;1-14(2,3)15(4,5)13-9-11-7-6-8-12(11)10-13;1-11(13(2,3)4)9-14-7-5-12(10-14)6-8-14;1-13(2,3)14(4,5)12-9-10-6-7-11(12)8-10;1-13(2,3)7-6-12-9-10-4-5-11(12)8-10;1-13(2)12-6-9-3-10(7-12)5-11(4-9)8-12;1-9(2)3-8-12-10-4-5-11(12)7-6-10;1-4(2)3/h12-14H,4-11H2,1-3H3;11-15H,4-10H2,1-3H3;12-13H,7-11H2,1-6H3;2*11-13H,6-10H2,1-5H3;11-12H,5-10H2,1-4H3;10-12H,6-9H2,1-5H3;10-12H,4-9H2,1-3H3;9-11,13H,3-8H2,1-2H3;9-12H,3-8H2,1-2H3;4H,1-3H3/i4D2;5D2;9D2;;;11D;;7D2;;3D2;. The molecule has 27 aliphatic rings. The van der Waals surface area contributed by atoms with E-state index in [1.807, 2.05) is 55.4 Å². The smallest absolute Gasteiger partial charge is 0.0561 e. The van der Waals surface area contributed by atoms with Crippen molar-refractivity contribution >= 4 is 33.0 Å². The molecule has 0 aliphatic heterocycles. The highest BCUT2D eigenvalue weighted by Crippen LogP contribution is 2.72. The molecule has 0 aromatic heterocycles. The highest BCUT2D eigenvalue weighted by molar-refractivity contribution is 6.82. The molecule has 0 saturated heterocycles. The van der Waals surface area contributed by atoms with E-state index in [-0.39, 0.29) is 47.7 Å². The first-order valence-electron chi connectivity index (χ1n) is 72.3. The van der Waals surface area contributed by atoms with Crippen LogP contribution in [-0.4, -0.2) is 33.0 Å². The average Bonchev–Trinajstić information content (AvgIpc) is 1.53. The van der Waals surface area contributed by atoms with E-state index >= 15 is 0 Å². The minimum atomic E-state index is -1.06. The lowest BCUT2D eigenvalue weighted by atomic mass is 9.48. The summed E-state index contributed by atoms with van der Waals surface area (Å²) >= 11 is 0. The van der Waals surface area contributed by atoms with E-state index in [0.29, 0.717) is 60.4 Å². The van der Waals surface area contributed by atoms with E-state index < -0.39 is 56.1 Å². The second kappa shape index (κ2) is 49.5. The van der Waals surface area contributed by atoms with Crippen LogP contribution in [-0.2, 0) is 0 Å². The van der Waals surface area contributed by atoms with Crippen molar-refractivity contribution in [3.8, 4) is 0 Å². The summed E-state index contributed by atoms with van der Waals surface area (Å²) in [5, 5.41) is 2.72. The molecule has 0 N–H and O–H groups in total. The normalized spacial score (nSPS) is 42.6. The van der Waals surface area contributed by atoms with Gasteiger partial charge in [0.1, 0.15) is 0 Å². The van der Waals surface area contributed by atoms with E-state index in [4.69, 9.17) is 15.1 Å². The molecule has 0 heterocycles. The number of rotatable bonds is 17. The van der Waals surface area contributed by atoms with Crippen LogP contribution in [0.5, 0.6) is 0 Å². The molecule has 24 bridgehead atoms. The molecule has 0 aromatic carbocycles. The predicted molar refractivity (Wildman–Crippen MR) is 671 cm³/mol. The third kappa shape index (κ3) is 32.3. The zero-order chi connectivity index (χ0) is 119. The monoisotopic (exact) mass is 2130 g/mol. The summed E-state index contributed by atoms with van der Waals surface area (Å²) < 4.78 is 91.6. The largest absolute Gasteiger partial charge is 0.0718 e. The van der Waals surface area contributed by atoms with Crippen molar-refractivity contribution in [1.29, 1.82) is 0 Å². The van der Waals surface area contributed by atoms with Gasteiger partial charge in [0.05, 0.1) is 24.2 Å². The Kier molecular flexibility index (Phi) is 36.8. The summed E-state index contributed by atoms with van der Waals surface area (Å²) in [5.74, 6) is 25.5. The summed E-state index contributed by atoms with van der Waals surface area (Å²) in [6.45, 7) is 94.5. The van der Waals surface area contributed by atoms with Crippen molar-refractivity contribution in [3.63, 3.8) is 0 Å². The summed E-state index contributed by atoms with van der Waals surface area (Å²) in [6.07, 6.45) is 69.3. The topological polar surface area (TPSA) is 0 Å². The summed E-state index contributed by atoms with van der Waals surface area (Å²) in [6, 6.07) is 0. The maximum absolute atomic E-state index is 8.59. The molecule has 0 amide bonds. The Balaban J connectivity index is 0.000000146. The van der Waals surface area contributed by atoms with Crippen LogP contribution in [0.15, 0.2) is 0 Å². The molecule has 0 aromatic rings. The zero-order valence-electron chi connectivity index (χ0n) is 119. The van der Waals surface area contributed by atoms with Gasteiger partial charge in [-0.15, -0.1) is 0 Å². The van der Waals surface area contributed by atoms with E-state index in [1.165, 1.54) is 198 Å². The van der Waals surface area contributed by atoms with Crippen LogP contribution in [0.25, 0.3) is 0 Å². The molecule has 0 radical (unpaired) electrons. The van der Waals surface area contributed by atoms with E-state index in [2.05, 4.69) is 225 Å². The third-order valence-corrected chi connectivity index (χ3v) is 73.8. The fourth-order valence-electron chi connectivity index (χ4n) is 39.6. The van der Waals surface area contributed by atoms with Crippen LogP contribution in [0, 0.1) is 220 Å². The predicted octanol–water partition coefficient (Wildman–Crippen LogP) is 47.9. The van der Waals surface area contributed by atoms with Crippen molar-refractivity contribution in [2.75, 3.05) is 0 Å². The van der Waals surface area contributed by atoms with Crippen molar-refractivity contribution in [3.05, 3.63) is 0 Å². The summed E-state index contributed by atoms with van der Waals surface area (Å²) in [5.41, 5.74) is 4.28. The highest BCUT2D eigenvalue weighted by Gasteiger charge is 2.63. The Morgan fingerprint density at radius 3 is 1.04 bits per heavy atom. The molecule has 27 rings (SSSR count). The van der Waals surface area contributed by atoms with Gasteiger partial charge in [-0.1, -0.05) is 351 Å². The lowest BCUT2D eigenvalue weighted by Gasteiger charge is -2.58. The molecular weight excluding hydrogens is 1840 g/mol. The second-order valence-electron chi connectivity index (χ2n) is 72.1. The van der Waals surface area contributed by atoms with E-state index in [9.17, 15) is 0 Å². The van der Waals surface area contributed by atoms with Gasteiger partial charge in [0.2, 0.25) is 0 Å². The van der Waals surface area contributed by atoms with Gasteiger partial charge in [0.25, 0.3) is 0 Å². The first-order valence-corrected chi connectivity index (χ1v) is 78.9. The Morgan fingerprint density at radius 1 is 0.318 bits per heavy atom. The van der Waals surface area contributed by atoms with Crippen LogP contribution in [0.1, 0.15) is 616 Å². The van der Waals surface area contributed by atoms with E-state index in [0.717, 1.165) is 179 Å². The minimum Gasteiger partial charge on any atom is -0.0718 e. The Hall–Kier alpha value is 0.868. The highest BCUT2D eigenvalue weighted by atomic mass is 28.3. The molecule has 148 heavy (non-hydrogen) atoms. The summed E-state index contributed by atoms with van der Waals surface area (Å²) in [4.78, 5) is 0. The van der Waals surface area contributed by atoms with Crippen molar-refractivity contribution in [2.45, 2.75) is 690 Å². The molecular formula is C144H272Si4. The Bertz CT molecular complexity index is 4370. The zero-order valence-corrected chi connectivity index (χ0v) is 112. The maximum Gasteiger partial charge on any atom is 0.0561 e. The van der Waals surface area contributed by atoms with Gasteiger partial charge < -0.3 is 0 Å². The van der Waals surface area contributed by atoms with Crippen LogP contribution in [0.2, 0.25) is 89.2 Å². The van der Waals surface area contributed by atoms with Crippen molar-refractivity contribution < 1.29 is 15.1 Å². The molecule has 13 unspecified atom stereocenters. The molecule has 27 aliphatic carbocycles. The molecule has 0 spiro atoms. The van der Waals surface area contributed by atoms with Gasteiger partial charge in [-0.05, 0) is 559 Å². The summed E-state index contributed by atoms with van der Waals surface area (Å²) in [7, 11) is -3.50. The lowest BCUT2D eigenvalue weighted by Crippen LogP contribution is -2.48. The molecule has 27 fully saturated rings. The SMILES string of the molecule is CC(C)(C)[Si](C)(C)C1CC2CCC1C2.CC(C)(C)[Si](C)(C)C1CC2CCC1CC2.CC(C)(C)[Si](C)(C)C1CC2CCCC2C1.CC(C)C.C[SiH](C)C12CC3CC(CC(C3)C1)C2.[2H]C(C)(CC12CCC(CC1)C2)C(C)(C)C.[2H]C([2H])(CC12CC3CC(CC(C3)C1)C2)C(C)(C)C.[2H]C([2H])(CC1C2CC3CC(C2)CC1C3)C(C)(C)C.[2H]C([2H])(CC1C2CCC1CC2)C(C)C.[2H]C([2H])(CC1CC2CCC1(C)C2(C)C)C(C)(C)C.[2H]C([2H])(CC1CC2CCC1C2)C(C)(C)C. The quantitative estimate of drug-likeness (QED) is 0.127. The fraction of sp³-hybridized carbons (Fsp3) is 1.00. The molecule has 27 saturated carbocycles. The molecule has 4 heteroatoms. The van der Waals surface area contributed by atoms with Gasteiger partial charge in [-0.2, -0.15) is 0 Å². The maximum atomic E-state index is 8.59. The molecule has 0 nitrogen and oxygen atoms in total. The number of hydrogen-bond acceptors (Lipinski definition) is 0. The van der Waals surface area contributed by atoms with Gasteiger partial charge in [-0.25, -0.2) is 0 Å². The van der Waals surface area contributed by atoms with Crippen molar-refractivity contribution in [2.24, 2.45) is 220 Å². The minimum absolute atomic E-state index is 0.114. The van der Waals surface area contributed by atoms with Gasteiger partial charge >= 0.3 is 0 Å². The third-order valence-electron chi connectivity index (χ3n) is 51.4. The first-order chi connectivity index (χ1) is 72.3. The number of fused-ring (bicyclic) bond motifs is 14. The van der Waals surface area contributed by atoms with Crippen LogP contribution >= 0.6 is 0 Å². The molecule has 864 valence electrons.